The van der Waals surface area contributed by atoms with Gasteiger partial charge >= 0.3 is 0 Å². The fourth-order valence-electron chi connectivity index (χ4n) is 3.86. The van der Waals surface area contributed by atoms with Gasteiger partial charge in [0.15, 0.2) is 0 Å². The van der Waals surface area contributed by atoms with Gasteiger partial charge in [0.1, 0.15) is 0 Å². The number of aryl methyl sites for hydroxylation is 1. The first-order valence-corrected chi connectivity index (χ1v) is 9.37. The summed E-state index contributed by atoms with van der Waals surface area (Å²) in [6, 6.07) is 8.13. The molecule has 1 aromatic carbocycles. The van der Waals surface area contributed by atoms with Gasteiger partial charge in [-0.3, -0.25) is 4.79 Å². The van der Waals surface area contributed by atoms with Gasteiger partial charge in [-0.1, -0.05) is 19.1 Å². The Morgan fingerprint density at radius 2 is 1.70 bits per heavy atom. The van der Waals surface area contributed by atoms with Crippen LogP contribution in [0.1, 0.15) is 54.9 Å². The van der Waals surface area contributed by atoms with Gasteiger partial charge in [0.2, 0.25) is 0 Å². The van der Waals surface area contributed by atoms with Gasteiger partial charge in [0.25, 0.3) is 5.91 Å². The van der Waals surface area contributed by atoms with Crippen molar-refractivity contribution in [3.8, 4) is 0 Å². The molecule has 2 aliphatic rings. The maximum atomic E-state index is 12.6. The fraction of sp³-hybridized carbons (Fsp3) is 0.650. The molecular weight excluding hydrogens is 284 g/mol. The standard InChI is InChI=1S/C20H30N2O/c1-2-17-5-7-19(8-6-17)20(23)22-15-10-18(11-16-22)9-14-21-12-3-4-13-21/h5-8,18H,2-4,9-16H2,1H3. The monoisotopic (exact) mass is 314 g/mol. The van der Waals surface area contributed by atoms with Gasteiger partial charge in [-0.2, -0.15) is 0 Å². The number of nitrogens with zero attached hydrogens (tertiary/aromatic N) is 2. The van der Waals surface area contributed by atoms with Crippen molar-refractivity contribution in [1.82, 2.24) is 9.80 Å². The third-order valence-electron chi connectivity index (χ3n) is 5.56. The van der Waals surface area contributed by atoms with Crippen molar-refractivity contribution in [1.29, 1.82) is 0 Å². The number of carbonyl (C=O) groups excluding carboxylic acids is 1. The summed E-state index contributed by atoms with van der Waals surface area (Å²) in [5.74, 6) is 1.02. The van der Waals surface area contributed by atoms with E-state index in [4.69, 9.17) is 0 Å². The summed E-state index contributed by atoms with van der Waals surface area (Å²) in [4.78, 5) is 17.2. The van der Waals surface area contributed by atoms with E-state index < -0.39 is 0 Å². The lowest BCUT2D eigenvalue weighted by Crippen LogP contribution is -2.39. The predicted octanol–water partition coefficient (Wildman–Crippen LogP) is 3.59. The molecule has 0 saturated carbocycles. The smallest absolute Gasteiger partial charge is 0.253 e. The van der Waals surface area contributed by atoms with Crippen LogP contribution in [0, 0.1) is 5.92 Å². The largest absolute Gasteiger partial charge is 0.339 e. The van der Waals surface area contributed by atoms with Crippen LogP contribution < -0.4 is 0 Å². The highest BCUT2D eigenvalue weighted by Crippen LogP contribution is 2.23. The molecule has 0 aromatic heterocycles. The molecule has 0 N–H and O–H groups in total. The Morgan fingerprint density at radius 3 is 2.30 bits per heavy atom. The lowest BCUT2D eigenvalue weighted by Gasteiger charge is -2.33. The van der Waals surface area contributed by atoms with E-state index in [9.17, 15) is 4.79 Å². The molecule has 0 spiro atoms. The molecule has 23 heavy (non-hydrogen) atoms. The number of likely N-dealkylation sites (tertiary alicyclic amines) is 2. The number of hydrogen-bond acceptors (Lipinski definition) is 2. The zero-order valence-corrected chi connectivity index (χ0v) is 14.5. The molecule has 3 heteroatoms. The first-order chi connectivity index (χ1) is 11.3. The quantitative estimate of drug-likeness (QED) is 0.829. The number of amides is 1. The van der Waals surface area contributed by atoms with E-state index in [1.54, 1.807) is 0 Å². The second-order valence-electron chi connectivity index (χ2n) is 7.12. The Labute approximate surface area is 140 Å². The second-order valence-corrected chi connectivity index (χ2v) is 7.12. The molecule has 3 rings (SSSR count). The van der Waals surface area contributed by atoms with Crippen molar-refractivity contribution in [3.63, 3.8) is 0 Å². The zero-order valence-electron chi connectivity index (χ0n) is 14.5. The summed E-state index contributed by atoms with van der Waals surface area (Å²) in [6.07, 6.45) is 7.44. The molecule has 0 atom stereocenters. The van der Waals surface area contributed by atoms with Crippen molar-refractivity contribution < 1.29 is 4.79 Å². The van der Waals surface area contributed by atoms with Gasteiger partial charge < -0.3 is 9.80 Å². The molecule has 2 saturated heterocycles. The second kappa shape index (κ2) is 7.96. The predicted molar refractivity (Wildman–Crippen MR) is 94.7 cm³/mol. The number of piperidine rings is 1. The molecule has 2 heterocycles. The highest BCUT2D eigenvalue weighted by molar-refractivity contribution is 5.94. The highest BCUT2D eigenvalue weighted by atomic mass is 16.2. The minimum Gasteiger partial charge on any atom is -0.339 e. The number of carbonyl (C=O) groups is 1. The van der Waals surface area contributed by atoms with Gasteiger partial charge in [-0.25, -0.2) is 0 Å². The van der Waals surface area contributed by atoms with E-state index in [1.807, 2.05) is 17.0 Å². The minimum absolute atomic E-state index is 0.214. The van der Waals surface area contributed by atoms with E-state index in [2.05, 4.69) is 24.0 Å². The zero-order chi connectivity index (χ0) is 16.1. The Bertz CT molecular complexity index is 497. The normalized spacial score (nSPS) is 20.1. The molecule has 1 aromatic rings. The highest BCUT2D eigenvalue weighted by Gasteiger charge is 2.24. The van der Waals surface area contributed by atoms with Crippen LogP contribution in [0.3, 0.4) is 0 Å². The molecule has 1 amide bonds. The maximum Gasteiger partial charge on any atom is 0.253 e. The summed E-state index contributed by atoms with van der Waals surface area (Å²) in [5, 5.41) is 0. The van der Waals surface area contributed by atoms with E-state index >= 15 is 0 Å². The fourth-order valence-corrected chi connectivity index (χ4v) is 3.86. The first kappa shape index (κ1) is 16.5. The number of rotatable bonds is 5. The molecule has 3 nitrogen and oxygen atoms in total. The van der Waals surface area contributed by atoms with Crippen LogP contribution in [-0.2, 0) is 6.42 Å². The molecule has 2 aliphatic heterocycles. The van der Waals surface area contributed by atoms with E-state index in [0.29, 0.717) is 0 Å². The Hall–Kier alpha value is -1.35. The lowest BCUT2D eigenvalue weighted by atomic mass is 9.93. The average molecular weight is 314 g/mol. The van der Waals surface area contributed by atoms with Gasteiger partial charge in [-0.15, -0.1) is 0 Å². The number of benzene rings is 1. The van der Waals surface area contributed by atoms with Crippen molar-refractivity contribution in [2.75, 3.05) is 32.7 Å². The Balaban J connectivity index is 1.44. The van der Waals surface area contributed by atoms with Crippen LogP contribution in [0.2, 0.25) is 0 Å². The van der Waals surface area contributed by atoms with Crippen LogP contribution in [0.5, 0.6) is 0 Å². The van der Waals surface area contributed by atoms with Gasteiger partial charge in [-0.05, 0) is 81.8 Å². The number of hydrogen-bond donors (Lipinski definition) is 0. The van der Waals surface area contributed by atoms with Crippen LogP contribution in [0.15, 0.2) is 24.3 Å². The van der Waals surface area contributed by atoms with E-state index in [-0.39, 0.29) is 5.91 Å². The summed E-state index contributed by atoms with van der Waals surface area (Å²) >= 11 is 0. The third-order valence-corrected chi connectivity index (χ3v) is 5.56. The van der Waals surface area contributed by atoms with Crippen molar-refractivity contribution in [3.05, 3.63) is 35.4 Å². The van der Waals surface area contributed by atoms with Gasteiger partial charge in [0, 0.05) is 18.7 Å². The molecule has 0 radical (unpaired) electrons. The van der Waals surface area contributed by atoms with Crippen molar-refractivity contribution in [2.45, 2.75) is 45.4 Å². The average Bonchev–Trinajstić information content (AvgIpc) is 3.13. The minimum atomic E-state index is 0.214. The van der Waals surface area contributed by atoms with Crippen molar-refractivity contribution >= 4 is 5.91 Å². The summed E-state index contributed by atoms with van der Waals surface area (Å²) in [7, 11) is 0. The van der Waals surface area contributed by atoms with E-state index in [0.717, 1.165) is 31.0 Å². The van der Waals surface area contributed by atoms with Crippen LogP contribution in [0.4, 0.5) is 0 Å². The van der Waals surface area contributed by atoms with Crippen molar-refractivity contribution in [2.24, 2.45) is 5.92 Å². The molecule has 2 fully saturated rings. The Morgan fingerprint density at radius 1 is 1.04 bits per heavy atom. The van der Waals surface area contributed by atoms with Crippen LogP contribution >= 0.6 is 0 Å². The summed E-state index contributed by atoms with van der Waals surface area (Å²) in [5.41, 5.74) is 2.14. The summed E-state index contributed by atoms with van der Waals surface area (Å²) < 4.78 is 0. The van der Waals surface area contributed by atoms with Gasteiger partial charge in [0.05, 0.1) is 0 Å². The maximum absolute atomic E-state index is 12.6. The third kappa shape index (κ3) is 4.35. The molecule has 0 bridgehead atoms. The SMILES string of the molecule is CCc1ccc(C(=O)N2CCC(CCN3CCCC3)CC2)cc1. The van der Waals surface area contributed by atoms with E-state index in [1.165, 1.54) is 57.3 Å². The molecule has 0 aliphatic carbocycles. The molecular formula is C20H30N2O. The Kier molecular flexibility index (Phi) is 5.71. The summed E-state index contributed by atoms with van der Waals surface area (Å²) in [6.45, 7) is 7.86. The lowest BCUT2D eigenvalue weighted by molar-refractivity contribution is 0.0682. The topological polar surface area (TPSA) is 23.6 Å². The van der Waals surface area contributed by atoms with Crippen LogP contribution in [0.25, 0.3) is 0 Å². The first-order valence-electron chi connectivity index (χ1n) is 9.37. The van der Waals surface area contributed by atoms with Crippen LogP contribution in [-0.4, -0.2) is 48.4 Å². The molecule has 0 unspecified atom stereocenters. The molecule has 126 valence electrons.